The summed E-state index contributed by atoms with van der Waals surface area (Å²) in [7, 11) is -2.73. The maximum Gasteiger partial charge on any atom is 0.154 e. The highest BCUT2D eigenvalue weighted by atomic mass is 32.2. The van der Waals surface area contributed by atoms with E-state index >= 15 is 0 Å². The van der Waals surface area contributed by atoms with E-state index in [1.165, 1.54) is 0 Å². The number of hydrogen-bond acceptors (Lipinski definition) is 3. The Kier molecular flexibility index (Phi) is 3.53. The van der Waals surface area contributed by atoms with Gasteiger partial charge in [0.25, 0.3) is 0 Å². The van der Waals surface area contributed by atoms with E-state index < -0.39 is 9.84 Å². The van der Waals surface area contributed by atoms with Gasteiger partial charge in [0.1, 0.15) is 0 Å². The fraction of sp³-hybridized carbons (Fsp3) is 1.00. The minimum atomic E-state index is -2.73. The summed E-state index contributed by atoms with van der Waals surface area (Å²) >= 11 is 0. The molecule has 0 radical (unpaired) electrons. The van der Waals surface area contributed by atoms with Crippen LogP contribution in [0.5, 0.6) is 0 Å². The predicted octanol–water partition coefficient (Wildman–Crippen LogP) is 0.563. The van der Waals surface area contributed by atoms with Crippen LogP contribution in [0.4, 0.5) is 0 Å². The second kappa shape index (κ2) is 4.23. The average Bonchev–Trinajstić information content (AvgIpc) is 2.32. The number of rotatable bonds is 4. The van der Waals surface area contributed by atoms with Crippen LogP contribution in [0.15, 0.2) is 0 Å². The first-order chi connectivity index (χ1) is 5.67. The third kappa shape index (κ3) is 2.45. The molecule has 0 saturated carbocycles. The molecule has 1 N–H and O–H groups in total. The van der Waals surface area contributed by atoms with Gasteiger partial charge in [-0.1, -0.05) is 6.92 Å². The van der Waals surface area contributed by atoms with Crippen molar-refractivity contribution in [3.8, 4) is 0 Å². The summed E-state index contributed by atoms with van der Waals surface area (Å²) < 4.78 is 22.6. The zero-order valence-corrected chi connectivity index (χ0v) is 8.36. The lowest BCUT2D eigenvalue weighted by molar-refractivity contribution is 0.573. The molecule has 1 fully saturated rings. The first-order valence-electron chi connectivity index (χ1n) is 4.59. The molecule has 1 heterocycles. The van der Waals surface area contributed by atoms with Gasteiger partial charge < -0.3 is 5.32 Å². The highest BCUT2D eigenvalue weighted by molar-refractivity contribution is 7.92. The highest BCUT2D eigenvalue weighted by Crippen LogP contribution is 2.18. The van der Waals surface area contributed by atoms with Gasteiger partial charge in [0.05, 0.1) is 11.0 Å². The van der Waals surface area contributed by atoms with Gasteiger partial charge in [0, 0.05) is 6.54 Å². The van der Waals surface area contributed by atoms with Crippen molar-refractivity contribution in [2.75, 3.05) is 18.8 Å². The zero-order valence-electron chi connectivity index (χ0n) is 7.54. The first-order valence-corrected chi connectivity index (χ1v) is 6.30. The quantitative estimate of drug-likeness (QED) is 0.661. The van der Waals surface area contributed by atoms with Crippen LogP contribution >= 0.6 is 0 Å². The van der Waals surface area contributed by atoms with E-state index in [2.05, 4.69) is 12.2 Å². The topological polar surface area (TPSA) is 46.2 Å². The molecule has 1 rings (SSSR count). The van der Waals surface area contributed by atoms with Crippen molar-refractivity contribution in [1.29, 1.82) is 0 Å². The summed E-state index contributed by atoms with van der Waals surface area (Å²) in [4.78, 5) is 0. The molecule has 1 atom stereocenters. The van der Waals surface area contributed by atoms with Gasteiger partial charge in [0.15, 0.2) is 9.84 Å². The van der Waals surface area contributed by atoms with Crippen LogP contribution in [0.3, 0.4) is 0 Å². The Balaban J connectivity index is 2.32. The molecule has 0 amide bonds. The van der Waals surface area contributed by atoms with E-state index in [0.29, 0.717) is 12.3 Å². The summed E-state index contributed by atoms with van der Waals surface area (Å²) in [5.74, 6) is 0.394. The standard InChI is InChI=1S/C8H17NO2S/c1-2-5-9-7-8-4-3-6-12(8,10)11/h8-9H,2-7H2,1H3. The van der Waals surface area contributed by atoms with E-state index in [9.17, 15) is 8.42 Å². The van der Waals surface area contributed by atoms with Crippen molar-refractivity contribution in [2.24, 2.45) is 0 Å². The third-order valence-corrected chi connectivity index (χ3v) is 4.54. The second-order valence-corrected chi connectivity index (χ2v) is 5.74. The van der Waals surface area contributed by atoms with Gasteiger partial charge >= 0.3 is 0 Å². The van der Waals surface area contributed by atoms with Crippen LogP contribution in [0.1, 0.15) is 26.2 Å². The minimum absolute atomic E-state index is 0.107. The lowest BCUT2D eigenvalue weighted by Crippen LogP contribution is -2.30. The Bertz CT molecular complexity index is 223. The molecule has 4 heteroatoms. The Labute approximate surface area is 74.5 Å². The third-order valence-electron chi connectivity index (χ3n) is 2.26. The summed E-state index contributed by atoms with van der Waals surface area (Å²) in [6.45, 7) is 3.65. The first kappa shape index (κ1) is 9.99. The van der Waals surface area contributed by atoms with E-state index in [-0.39, 0.29) is 5.25 Å². The molecule has 0 aromatic carbocycles. The maximum atomic E-state index is 11.3. The molecule has 1 aliphatic heterocycles. The molecule has 3 nitrogen and oxygen atoms in total. The fourth-order valence-electron chi connectivity index (χ4n) is 1.53. The van der Waals surface area contributed by atoms with E-state index in [4.69, 9.17) is 0 Å². The number of nitrogens with one attached hydrogen (secondary N) is 1. The van der Waals surface area contributed by atoms with Gasteiger partial charge in [-0.05, 0) is 25.8 Å². The SMILES string of the molecule is CCCNCC1CCCS1(=O)=O. The van der Waals surface area contributed by atoms with E-state index in [1.807, 2.05) is 0 Å². The van der Waals surface area contributed by atoms with Crippen LogP contribution in [0, 0.1) is 0 Å². The summed E-state index contributed by atoms with van der Waals surface area (Å²) in [5.41, 5.74) is 0. The Morgan fingerprint density at radius 3 is 2.75 bits per heavy atom. The molecule has 1 aliphatic rings. The van der Waals surface area contributed by atoms with Gasteiger partial charge in [-0.15, -0.1) is 0 Å². The number of sulfone groups is 1. The van der Waals surface area contributed by atoms with Crippen molar-refractivity contribution in [1.82, 2.24) is 5.32 Å². The van der Waals surface area contributed by atoms with E-state index in [0.717, 1.165) is 25.8 Å². The Morgan fingerprint density at radius 2 is 2.25 bits per heavy atom. The van der Waals surface area contributed by atoms with Crippen LogP contribution in [0.2, 0.25) is 0 Å². The van der Waals surface area contributed by atoms with Crippen LogP contribution in [-0.4, -0.2) is 32.5 Å². The van der Waals surface area contributed by atoms with Crippen molar-refractivity contribution >= 4 is 9.84 Å². The average molecular weight is 191 g/mol. The molecule has 12 heavy (non-hydrogen) atoms. The van der Waals surface area contributed by atoms with Crippen molar-refractivity contribution in [3.63, 3.8) is 0 Å². The van der Waals surface area contributed by atoms with Crippen molar-refractivity contribution < 1.29 is 8.42 Å². The smallest absolute Gasteiger partial charge is 0.154 e. The predicted molar refractivity (Wildman–Crippen MR) is 50.0 cm³/mol. The lowest BCUT2D eigenvalue weighted by atomic mass is 10.2. The Morgan fingerprint density at radius 1 is 1.50 bits per heavy atom. The summed E-state index contributed by atoms with van der Waals surface area (Å²) in [6, 6.07) is 0. The van der Waals surface area contributed by atoms with Gasteiger partial charge in [0.2, 0.25) is 0 Å². The molecule has 1 saturated heterocycles. The van der Waals surface area contributed by atoms with Crippen LogP contribution in [-0.2, 0) is 9.84 Å². The summed E-state index contributed by atoms with van der Waals surface area (Å²) in [6.07, 6.45) is 2.76. The van der Waals surface area contributed by atoms with Gasteiger partial charge in [-0.2, -0.15) is 0 Å². The monoisotopic (exact) mass is 191 g/mol. The molecule has 0 aromatic rings. The maximum absolute atomic E-state index is 11.3. The fourth-order valence-corrected chi connectivity index (χ4v) is 3.33. The summed E-state index contributed by atoms with van der Waals surface area (Å²) in [5, 5.41) is 3.05. The Hall–Kier alpha value is -0.0900. The van der Waals surface area contributed by atoms with E-state index in [1.54, 1.807) is 0 Å². The molecule has 0 bridgehead atoms. The van der Waals surface area contributed by atoms with Crippen LogP contribution in [0.25, 0.3) is 0 Å². The second-order valence-electron chi connectivity index (χ2n) is 3.34. The zero-order chi connectivity index (χ0) is 9.03. The minimum Gasteiger partial charge on any atom is -0.315 e. The molecule has 1 unspecified atom stereocenters. The van der Waals surface area contributed by atoms with Crippen LogP contribution < -0.4 is 5.32 Å². The van der Waals surface area contributed by atoms with Crippen molar-refractivity contribution in [3.05, 3.63) is 0 Å². The van der Waals surface area contributed by atoms with Crippen molar-refractivity contribution in [2.45, 2.75) is 31.4 Å². The molecule has 72 valence electrons. The molecule has 0 aromatic heterocycles. The largest absolute Gasteiger partial charge is 0.315 e. The molecular weight excluding hydrogens is 174 g/mol. The molecule has 0 spiro atoms. The number of hydrogen-bond donors (Lipinski definition) is 1. The highest BCUT2D eigenvalue weighted by Gasteiger charge is 2.30. The molecular formula is C8H17NO2S. The normalized spacial score (nSPS) is 27.6. The van der Waals surface area contributed by atoms with Gasteiger partial charge in [-0.25, -0.2) is 8.42 Å². The lowest BCUT2D eigenvalue weighted by Gasteiger charge is -2.09. The molecule has 0 aliphatic carbocycles. The van der Waals surface area contributed by atoms with Gasteiger partial charge in [-0.3, -0.25) is 0 Å².